The van der Waals surface area contributed by atoms with Gasteiger partial charge in [0.1, 0.15) is 5.82 Å². The van der Waals surface area contributed by atoms with Gasteiger partial charge >= 0.3 is 0 Å². The van der Waals surface area contributed by atoms with E-state index in [1.165, 1.54) is 10.4 Å². The molecule has 3 rings (SSSR count). The van der Waals surface area contributed by atoms with Crippen LogP contribution in [-0.2, 0) is 6.54 Å². The Hall–Kier alpha value is -2.24. The molecule has 0 saturated heterocycles. The van der Waals surface area contributed by atoms with Gasteiger partial charge in [0, 0.05) is 29.1 Å². The van der Waals surface area contributed by atoms with E-state index < -0.39 is 0 Å². The molecule has 0 amide bonds. The Morgan fingerprint density at radius 1 is 1.15 bits per heavy atom. The standard InChI is InChI=1S/C21H25N3OS/c1-14(2)18-12-20(25)23-21(22-18)17-9-7-16(8-10-17)13-24(4)15(3)19-6-5-11-26-19/h5-12,14-15H,13H2,1-4H3,(H,22,23,25)/t15-/m1/s1. The van der Waals surface area contributed by atoms with Crippen LogP contribution in [0.25, 0.3) is 11.4 Å². The number of H-pyrrole nitrogens is 1. The third-order valence-corrected chi connectivity index (χ3v) is 5.67. The number of aromatic nitrogens is 2. The molecule has 1 aromatic carbocycles. The predicted octanol–water partition coefficient (Wildman–Crippen LogP) is 4.81. The van der Waals surface area contributed by atoms with Crippen molar-refractivity contribution in [2.24, 2.45) is 0 Å². The minimum atomic E-state index is -0.104. The lowest BCUT2D eigenvalue weighted by Crippen LogP contribution is -2.21. The Morgan fingerprint density at radius 3 is 2.50 bits per heavy atom. The number of hydrogen-bond donors (Lipinski definition) is 1. The van der Waals surface area contributed by atoms with Gasteiger partial charge in [-0.2, -0.15) is 0 Å². The SMILES string of the molecule is CC(C)c1cc(=O)[nH]c(-c2ccc(CN(C)[C@H](C)c3cccs3)cc2)n1. The minimum absolute atomic E-state index is 0.104. The lowest BCUT2D eigenvalue weighted by atomic mass is 10.1. The zero-order chi connectivity index (χ0) is 18.7. The van der Waals surface area contributed by atoms with Crippen LogP contribution in [0.3, 0.4) is 0 Å². The van der Waals surface area contributed by atoms with Crippen LogP contribution < -0.4 is 5.56 Å². The van der Waals surface area contributed by atoms with Crippen LogP contribution in [0, 0.1) is 0 Å². The maximum Gasteiger partial charge on any atom is 0.251 e. The first kappa shape index (κ1) is 18.5. The molecular formula is C21H25N3OS. The van der Waals surface area contributed by atoms with Crippen LogP contribution >= 0.6 is 11.3 Å². The van der Waals surface area contributed by atoms with Gasteiger partial charge in [-0.15, -0.1) is 11.3 Å². The fourth-order valence-corrected chi connectivity index (χ4v) is 3.70. The van der Waals surface area contributed by atoms with Crippen molar-refractivity contribution in [1.29, 1.82) is 0 Å². The highest BCUT2D eigenvalue weighted by molar-refractivity contribution is 7.10. The van der Waals surface area contributed by atoms with Crippen LogP contribution in [-0.4, -0.2) is 21.9 Å². The molecular weight excluding hydrogens is 342 g/mol. The van der Waals surface area contributed by atoms with Gasteiger partial charge in [0.25, 0.3) is 5.56 Å². The summed E-state index contributed by atoms with van der Waals surface area (Å²) in [7, 11) is 2.14. The Bertz CT molecular complexity index is 898. The van der Waals surface area contributed by atoms with E-state index in [0.29, 0.717) is 11.9 Å². The summed E-state index contributed by atoms with van der Waals surface area (Å²) in [5.74, 6) is 0.857. The lowest BCUT2D eigenvalue weighted by Gasteiger charge is -2.24. The number of nitrogens with one attached hydrogen (secondary N) is 1. The van der Waals surface area contributed by atoms with Gasteiger partial charge in [-0.25, -0.2) is 4.98 Å². The quantitative estimate of drug-likeness (QED) is 0.680. The van der Waals surface area contributed by atoms with Gasteiger partial charge < -0.3 is 4.98 Å². The first-order valence-corrected chi connectivity index (χ1v) is 9.76. The molecule has 0 saturated carbocycles. The number of nitrogens with zero attached hydrogens (tertiary/aromatic N) is 2. The molecule has 136 valence electrons. The van der Waals surface area contributed by atoms with Crippen molar-refractivity contribution in [3.63, 3.8) is 0 Å². The highest BCUT2D eigenvalue weighted by Gasteiger charge is 2.13. The molecule has 1 atom stereocenters. The fraction of sp³-hybridized carbons (Fsp3) is 0.333. The molecule has 0 aliphatic heterocycles. The van der Waals surface area contributed by atoms with Crippen LogP contribution in [0.1, 0.15) is 48.9 Å². The van der Waals surface area contributed by atoms with Gasteiger partial charge in [-0.3, -0.25) is 9.69 Å². The molecule has 0 aliphatic rings. The van der Waals surface area contributed by atoms with Crippen molar-refractivity contribution < 1.29 is 0 Å². The summed E-state index contributed by atoms with van der Waals surface area (Å²) < 4.78 is 0. The maximum absolute atomic E-state index is 11.9. The van der Waals surface area contributed by atoms with E-state index in [0.717, 1.165) is 17.8 Å². The van der Waals surface area contributed by atoms with Gasteiger partial charge in [-0.1, -0.05) is 44.2 Å². The predicted molar refractivity (Wildman–Crippen MR) is 109 cm³/mol. The van der Waals surface area contributed by atoms with Crippen molar-refractivity contribution in [2.45, 2.75) is 39.3 Å². The molecule has 0 unspecified atom stereocenters. The minimum Gasteiger partial charge on any atom is -0.307 e. The molecule has 5 heteroatoms. The molecule has 0 fully saturated rings. The first-order chi connectivity index (χ1) is 12.4. The van der Waals surface area contributed by atoms with E-state index in [1.807, 2.05) is 26.0 Å². The number of thiophene rings is 1. The fourth-order valence-electron chi connectivity index (χ4n) is 2.85. The third kappa shape index (κ3) is 4.29. The molecule has 2 aromatic heterocycles. The molecule has 1 N–H and O–H groups in total. The molecule has 4 nitrogen and oxygen atoms in total. The van der Waals surface area contributed by atoms with E-state index in [9.17, 15) is 4.79 Å². The highest BCUT2D eigenvalue weighted by Crippen LogP contribution is 2.25. The molecule has 26 heavy (non-hydrogen) atoms. The van der Waals surface area contributed by atoms with Gasteiger partial charge in [0.05, 0.1) is 5.69 Å². The normalized spacial score (nSPS) is 12.7. The van der Waals surface area contributed by atoms with Crippen molar-refractivity contribution in [3.8, 4) is 11.4 Å². The van der Waals surface area contributed by atoms with Gasteiger partial charge in [0.2, 0.25) is 0 Å². The molecule has 0 radical (unpaired) electrons. The number of aromatic amines is 1. The Kier molecular flexibility index (Phi) is 5.69. The molecule has 0 spiro atoms. The number of rotatable bonds is 6. The molecule has 3 aromatic rings. The molecule has 0 bridgehead atoms. The summed E-state index contributed by atoms with van der Waals surface area (Å²) >= 11 is 1.79. The summed E-state index contributed by atoms with van der Waals surface area (Å²) in [4.78, 5) is 23.0. The van der Waals surface area contributed by atoms with Crippen molar-refractivity contribution >= 4 is 11.3 Å². The second kappa shape index (κ2) is 7.98. The van der Waals surface area contributed by atoms with Crippen LogP contribution in [0.2, 0.25) is 0 Å². The zero-order valence-electron chi connectivity index (χ0n) is 15.7. The molecule has 2 heterocycles. The zero-order valence-corrected chi connectivity index (χ0v) is 16.5. The number of benzene rings is 1. The third-order valence-electron chi connectivity index (χ3n) is 4.63. The van der Waals surface area contributed by atoms with Crippen LogP contribution in [0.15, 0.2) is 52.6 Å². The van der Waals surface area contributed by atoms with Crippen LogP contribution in [0.5, 0.6) is 0 Å². The van der Waals surface area contributed by atoms with E-state index >= 15 is 0 Å². The summed E-state index contributed by atoms with van der Waals surface area (Å²) in [5, 5.41) is 2.12. The molecule has 0 aliphatic carbocycles. The lowest BCUT2D eigenvalue weighted by molar-refractivity contribution is 0.256. The van der Waals surface area contributed by atoms with Gasteiger partial charge in [-0.05, 0) is 36.9 Å². The smallest absolute Gasteiger partial charge is 0.251 e. The second-order valence-electron chi connectivity index (χ2n) is 6.98. The Labute approximate surface area is 158 Å². The summed E-state index contributed by atoms with van der Waals surface area (Å²) in [6.07, 6.45) is 0. The van der Waals surface area contributed by atoms with E-state index in [2.05, 4.69) is 58.5 Å². The van der Waals surface area contributed by atoms with Crippen molar-refractivity contribution in [2.75, 3.05) is 7.05 Å². The average molecular weight is 368 g/mol. The maximum atomic E-state index is 11.9. The second-order valence-corrected chi connectivity index (χ2v) is 7.96. The topological polar surface area (TPSA) is 49.0 Å². The van der Waals surface area contributed by atoms with Crippen molar-refractivity contribution in [3.05, 3.63) is 74.3 Å². The van der Waals surface area contributed by atoms with E-state index in [4.69, 9.17) is 0 Å². The summed E-state index contributed by atoms with van der Waals surface area (Å²) in [6.45, 7) is 7.18. The van der Waals surface area contributed by atoms with Crippen molar-refractivity contribution in [1.82, 2.24) is 14.9 Å². The highest BCUT2D eigenvalue weighted by atomic mass is 32.1. The average Bonchev–Trinajstić information content (AvgIpc) is 3.15. The Morgan fingerprint density at radius 2 is 1.88 bits per heavy atom. The van der Waals surface area contributed by atoms with Gasteiger partial charge in [0.15, 0.2) is 0 Å². The first-order valence-electron chi connectivity index (χ1n) is 8.88. The van der Waals surface area contributed by atoms with E-state index in [1.54, 1.807) is 17.4 Å². The Balaban J connectivity index is 1.75. The van der Waals surface area contributed by atoms with Crippen LogP contribution in [0.4, 0.5) is 0 Å². The monoisotopic (exact) mass is 367 g/mol. The number of hydrogen-bond acceptors (Lipinski definition) is 4. The summed E-state index contributed by atoms with van der Waals surface area (Å²) in [5.41, 5.74) is 2.88. The summed E-state index contributed by atoms with van der Waals surface area (Å²) in [6, 6.07) is 14.5. The van der Waals surface area contributed by atoms with E-state index in [-0.39, 0.29) is 11.5 Å². The largest absolute Gasteiger partial charge is 0.307 e.